The molecule has 11 heteroatoms. The largest absolute Gasteiger partial charge is 0.405 e. The second kappa shape index (κ2) is 6.21. The van der Waals surface area contributed by atoms with Crippen LogP contribution in [0.4, 0.5) is 30.6 Å². The number of alkyl halides is 3. The van der Waals surface area contributed by atoms with Crippen molar-refractivity contribution in [3.8, 4) is 6.07 Å². The van der Waals surface area contributed by atoms with Crippen molar-refractivity contribution in [2.24, 2.45) is 0 Å². The van der Waals surface area contributed by atoms with Crippen LogP contribution >= 0.6 is 0 Å². The average Bonchev–Trinajstić information content (AvgIpc) is 3.05. The van der Waals surface area contributed by atoms with Crippen molar-refractivity contribution in [3.63, 3.8) is 0 Å². The summed E-state index contributed by atoms with van der Waals surface area (Å²) >= 11 is 0. The van der Waals surface area contributed by atoms with Crippen molar-refractivity contribution >= 4 is 17.5 Å². The molecule has 0 unspecified atom stereocenters. The number of aromatic nitrogens is 4. The maximum absolute atomic E-state index is 12.5. The van der Waals surface area contributed by atoms with Crippen molar-refractivity contribution < 1.29 is 17.9 Å². The molecule has 2 N–H and O–H groups in total. The lowest BCUT2D eigenvalue weighted by molar-refractivity contribution is -0.115. The smallest absolute Gasteiger partial charge is 0.376 e. The molecule has 2 aromatic heterocycles. The lowest BCUT2D eigenvalue weighted by Crippen LogP contribution is -2.59. The molecule has 132 valence electrons. The van der Waals surface area contributed by atoms with Crippen molar-refractivity contribution in [2.45, 2.75) is 18.6 Å². The topological polar surface area (TPSA) is 103 Å². The third-order valence-corrected chi connectivity index (χ3v) is 3.66. The number of anilines is 3. The normalized spacial score (nSPS) is 16.0. The molecular weight excluding hydrogens is 339 g/mol. The number of nitrogens with zero attached hydrogens (tertiary/aromatic N) is 5. The van der Waals surface area contributed by atoms with Crippen LogP contribution in [0.5, 0.6) is 0 Å². The summed E-state index contributed by atoms with van der Waals surface area (Å²) < 4.78 is 42.7. The highest BCUT2D eigenvalue weighted by Gasteiger charge is 2.42. The van der Waals surface area contributed by atoms with E-state index in [1.165, 1.54) is 6.20 Å². The quantitative estimate of drug-likeness (QED) is 0.847. The van der Waals surface area contributed by atoms with E-state index in [-0.39, 0.29) is 17.3 Å². The Bertz CT molecular complexity index is 781. The Hall–Kier alpha value is -2.87. The number of aromatic amines is 1. The van der Waals surface area contributed by atoms with Gasteiger partial charge in [-0.1, -0.05) is 0 Å². The van der Waals surface area contributed by atoms with E-state index in [9.17, 15) is 13.2 Å². The van der Waals surface area contributed by atoms with Gasteiger partial charge in [0.25, 0.3) is 0 Å². The lowest BCUT2D eigenvalue weighted by Gasteiger charge is -2.46. The summed E-state index contributed by atoms with van der Waals surface area (Å²) in [6.45, 7) is 1.40. The predicted molar refractivity (Wildman–Crippen MR) is 81.2 cm³/mol. The molecule has 3 rings (SSSR count). The molecule has 0 amide bonds. The molecule has 2 aromatic rings. The van der Waals surface area contributed by atoms with Crippen LogP contribution in [0.25, 0.3) is 0 Å². The third-order valence-electron chi connectivity index (χ3n) is 3.66. The first-order chi connectivity index (χ1) is 11.8. The Morgan fingerprint density at radius 2 is 2.20 bits per heavy atom. The SMILES string of the molecule is CC1(N(c2cn[nH]c2)c2ncc(C#N)c(NCC(F)(F)F)n2)COC1. The Balaban J connectivity index is 1.98. The van der Waals surface area contributed by atoms with Gasteiger partial charge in [0.2, 0.25) is 5.95 Å². The van der Waals surface area contributed by atoms with Crippen molar-refractivity contribution in [2.75, 3.05) is 30.0 Å². The molecule has 1 aliphatic rings. The van der Waals surface area contributed by atoms with E-state index >= 15 is 0 Å². The van der Waals surface area contributed by atoms with Crippen LogP contribution in [0, 0.1) is 11.3 Å². The zero-order chi connectivity index (χ0) is 18.1. The molecule has 1 fully saturated rings. The van der Waals surface area contributed by atoms with E-state index < -0.39 is 18.3 Å². The van der Waals surface area contributed by atoms with Gasteiger partial charge in [-0.05, 0) is 6.92 Å². The van der Waals surface area contributed by atoms with Gasteiger partial charge < -0.3 is 10.1 Å². The van der Waals surface area contributed by atoms with Crippen molar-refractivity contribution in [1.29, 1.82) is 5.26 Å². The first-order valence-corrected chi connectivity index (χ1v) is 7.27. The Kier molecular flexibility index (Phi) is 4.22. The Morgan fingerprint density at radius 1 is 1.44 bits per heavy atom. The van der Waals surface area contributed by atoms with Gasteiger partial charge in [0.05, 0.1) is 36.8 Å². The summed E-state index contributed by atoms with van der Waals surface area (Å²) in [6.07, 6.45) is -0.0746. The van der Waals surface area contributed by atoms with E-state index in [1.807, 2.05) is 6.92 Å². The van der Waals surface area contributed by atoms with Crippen LogP contribution in [0.15, 0.2) is 18.6 Å². The highest BCUT2D eigenvalue weighted by atomic mass is 19.4. The van der Waals surface area contributed by atoms with Gasteiger partial charge in [0.15, 0.2) is 0 Å². The average molecular weight is 353 g/mol. The summed E-state index contributed by atoms with van der Waals surface area (Å²) in [5.74, 6) is -0.0296. The number of hydrogen-bond donors (Lipinski definition) is 2. The van der Waals surface area contributed by atoms with Gasteiger partial charge in [-0.3, -0.25) is 10.00 Å². The molecular formula is C14H14F3N7O. The number of hydrogen-bond acceptors (Lipinski definition) is 7. The fourth-order valence-electron chi connectivity index (χ4n) is 2.44. The standard InChI is InChI=1S/C14H14F3N7O/c1-13(7-25-8-13)24(10-4-21-22-5-10)12-19-3-9(2-18)11(23-12)20-6-14(15,16)17/h3-5H,6-8H2,1H3,(H,21,22)(H,19,20,23). The second-order valence-corrected chi connectivity index (χ2v) is 5.79. The fraction of sp³-hybridized carbons (Fsp3) is 0.429. The number of rotatable bonds is 5. The van der Waals surface area contributed by atoms with E-state index in [2.05, 4.69) is 25.5 Å². The highest BCUT2D eigenvalue weighted by molar-refractivity contribution is 5.62. The fourth-order valence-corrected chi connectivity index (χ4v) is 2.44. The van der Waals surface area contributed by atoms with Gasteiger partial charge >= 0.3 is 6.18 Å². The first kappa shape index (κ1) is 17.0. The molecule has 0 bridgehead atoms. The van der Waals surface area contributed by atoms with Crippen molar-refractivity contribution in [1.82, 2.24) is 20.2 Å². The third kappa shape index (κ3) is 3.48. The molecule has 0 atom stereocenters. The van der Waals surface area contributed by atoms with Gasteiger partial charge in [0.1, 0.15) is 24.0 Å². The van der Waals surface area contributed by atoms with Crippen LogP contribution in [-0.4, -0.2) is 51.6 Å². The molecule has 25 heavy (non-hydrogen) atoms. The number of H-pyrrole nitrogens is 1. The van der Waals surface area contributed by atoms with Crippen molar-refractivity contribution in [3.05, 3.63) is 24.2 Å². The Morgan fingerprint density at radius 3 is 2.72 bits per heavy atom. The maximum atomic E-state index is 12.5. The minimum Gasteiger partial charge on any atom is -0.376 e. The number of ether oxygens (including phenoxy) is 1. The van der Waals surface area contributed by atoms with Crippen LogP contribution < -0.4 is 10.2 Å². The molecule has 1 saturated heterocycles. The zero-order valence-corrected chi connectivity index (χ0v) is 13.1. The van der Waals surface area contributed by atoms with Gasteiger partial charge in [0, 0.05) is 6.20 Å². The highest BCUT2D eigenvalue weighted by Crippen LogP contribution is 2.35. The van der Waals surface area contributed by atoms with Crippen LogP contribution in [0.2, 0.25) is 0 Å². The summed E-state index contributed by atoms with van der Waals surface area (Å²) in [6, 6.07) is 1.78. The monoisotopic (exact) mass is 353 g/mol. The van der Waals surface area contributed by atoms with Gasteiger partial charge in [-0.15, -0.1) is 0 Å². The summed E-state index contributed by atoms with van der Waals surface area (Å²) in [4.78, 5) is 9.99. The number of nitrogens with one attached hydrogen (secondary N) is 2. The zero-order valence-electron chi connectivity index (χ0n) is 13.1. The lowest BCUT2D eigenvalue weighted by atomic mass is 9.98. The minimum atomic E-state index is -4.43. The Labute approximate surface area is 140 Å². The summed E-state index contributed by atoms with van der Waals surface area (Å²) in [5, 5.41) is 17.8. The molecule has 0 aromatic carbocycles. The molecule has 8 nitrogen and oxygen atoms in total. The molecule has 3 heterocycles. The molecule has 0 radical (unpaired) electrons. The van der Waals surface area contributed by atoms with E-state index in [0.717, 1.165) is 0 Å². The molecule has 0 aliphatic carbocycles. The summed E-state index contributed by atoms with van der Waals surface area (Å²) in [7, 11) is 0. The van der Waals surface area contributed by atoms with Crippen LogP contribution in [-0.2, 0) is 4.74 Å². The maximum Gasteiger partial charge on any atom is 0.405 e. The second-order valence-electron chi connectivity index (χ2n) is 5.79. The van der Waals surface area contributed by atoms with Gasteiger partial charge in [-0.2, -0.15) is 28.5 Å². The molecule has 0 saturated carbocycles. The predicted octanol–water partition coefficient (Wildman–Crippen LogP) is 1.97. The van der Waals surface area contributed by atoms with Gasteiger partial charge in [-0.25, -0.2) is 4.98 Å². The van der Waals surface area contributed by atoms with E-state index in [1.54, 1.807) is 23.4 Å². The molecule has 1 aliphatic heterocycles. The van der Waals surface area contributed by atoms with E-state index in [0.29, 0.717) is 18.9 Å². The van der Waals surface area contributed by atoms with E-state index in [4.69, 9.17) is 10.00 Å². The van der Waals surface area contributed by atoms with Crippen LogP contribution in [0.1, 0.15) is 12.5 Å². The number of halogens is 3. The van der Waals surface area contributed by atoms with Crippen LogP contribution in [0.3, 0.4) is 0 Å². The number of nitriles is 1. The summed E-state index contributed by atoms with van der Waals surface area (Å²) in [5.41, 5.74) is 0.0896. The minimum absolute atomic E-state index is 0.0739. The first-order valence-electron chi connectivity index (χ1n) is 7.27. The molecule has 0 spiro atoms.